The first-order chi connectivity index (χ1) is 13.1. The number of anilines is 2. The summed E-state index contributed by atoms with van der Waals surface area (Å²) in [5.74, 6) is 1.02. The van der Waals surface area contributed by atoms with Crippen LogP contribution in [0.25, 0.3) is 0 Å². The molecular formula is C20H32N4O3. The molecular weight excluding hydrogens is 344 g/mol. The Morgan fingerprint density at radius 3 is 2.93 bits per heavy atom. The second-order valence-corrected chi connectivity index (χ2v) is 7.62. The van der Waals surface area contributed by atoms with Crippen molar-refractivity contribution in [2.24, 2.45) is 0 Å². The summed E-state index contributed by atoms with van der Waals surface area (Å²) >= 11 is 0. The molecule has 3 heterocycles. The van der Waals surface area contributed by atoms with Crippen LogP contribution in [0.15, 0.2) is 0 Å². The van der Waals surface area contributed by atoms with E-state index in [1.54, 1.807) is 4.90 Å². The van der Waals surface area contributed by atoms with Crippen LogP contribution < -0.4 is 15.4 Å². The largest absolute Gasteiger partial charge is 0.460 e. The van der Waals surface area contributed by atoms with Gasteiger partial charge in [-0.15, -0.1) is 0 Å². The lowest BCUT2D eigenvalue weighted by Crippen LogP contribution is -2.29. The van der Waals surface area contributed by atoms with Gasteiger partial charge in [-0.2, -0.15) is 9.97 Å². The van der Waals surface area contributed by atoms with Crippen LogP contribution in [0.2, 0.25) is 0 Å². The molecule has 0 radical (unpaired) electrons. The Morgan fingerprint density at radius 2 is 2.19 bits per heavy atom. The zero-order valence-electron chi connectivity index (χ0n) is 16.6. The fraction of sp³-hybridized carbons (Fsp3) is 0.750. The average molecular weight is 377 g/mol. The van der Waals surface area contributed by atoms with Crippen LogP contribution >= 0.6 is 0 Å². The molecule has 0 saturated carbocycles. The summed E-state index contributed by atoms with van der Waals surface area (Å²) in [6.07, 6.45) is 9.26. The van der Waals surface area contributed by atoms with E-state index in [0.717, 1.165) is 50.7 Å². The Balaban J connectivity index is 1.59. The summed E-state index contributed by atoms with van der Waals surface area (Å²) in [5.41, 5.74) is 6.80. The second-order valence-electron chi connectivity index (χ2n) is 7.62. The number of carbonyl (C=O) groups is 1. The molecule has 3 rings (SSSR count). The third-order valence-electron chi connectivity index (χ3n) is 5.32. The minimum Gasteiger partial charge on any atom is -0.460 e. The Bertz CT molecular complexity index is 646. The summed E-state index contributed by atoms with van der Waals surface area (Å²) in [6, 6.07) is 0.266. The molecule has 1 amide bonds. The van der Waals surface area contributed by atoms with Gasteiger partial charge in [0.1, 0.15) is 11.6 Å². The number of rotatable bonds is 9. The van der Waals surface area contributed by atoms with Crippen LogP contribution in [0.4, 0.5) is 11.6 Å². The highest BCUT2D eigenvalue weighted by molar-refractivity contribution is 6.01. The number of hydrogen-bond donors (Lipinski definition) is 1. The number of ether oxygens (including phenoxy) is 2. The first kappa shape index (κ1) is 19.9. The van der Waals surface area contributed by atoms with Crippen molar-refractivity contribution in [3.63, 3.8) is 0 Å². The Hall–Kier alpha value is -1.89. The highest BCUT2D eigenvalue weighted by Crippen LogP contribution is 2.32. The molecule has 1 aromatic heterocycles. The number of hydrogen-bond acceptors (Lipinski definition) is 6. The maximum atomic E-state index is 12.5. The predicted molar refractivity (Wildman–Crippen MR) is 105 cm³/mol. The van der Waals surface area contributed by atoms with Crippen molar-refractivity contribution in [3.8, 4) is 6.01 Å². The molecule has 1 saturated heterocycles. The van der Waals surface area contributed by atoms with E-state index in [1.165, 1.54) is 12.8 Å². The lowest BCUT2D eigenvalue weighted by Gasteiger charge is -2.23. The van der Waals surface area contributed by atoms with Crippen LogP contribution in [-0.4, -0.2) is 41.2 Å². The number of amides is 1. The summed E-state index contributed by atoms with van der Waals surface area (Å²) in [6.45, 7) is 5.64. The monoisotopic (exact) mass is 376 g/mol. The van der Waals surface area contributed by atoms with E-state index in [-0.39, 0.29) is 24.4 Å². The van der Waals surface area contributed by atoms with Crippen LogP contribution in [0.1, 0.15) is 70.8 Å². The molecule has 7 nitrogen and oxygen atoms in total. The lowest BCUT2D eigenvalue weighted by atomic mass is 10.0. The van der Waals surface area contributed by atoms with Crippen molar-refractivity contribution in [2.75, 3.05) is 23.8 Å². The predicted octanol–water partition coefficient (Wildman–Crippen LogP) is 3.25. The van der Waals surface area contributed by atoms with E-state index < -0.39 is 0 Å². The van der Waals surface area contributed by atoms with E-state index in [4.69, 9.17) is 15.2 Å². The number of nitrogen functional groups attached to an aromatic ring is 1. The van der Waals surface area contributed by atoms with E-state index >= 15 is 0 Å². The summed E-state index contributed by atoms with van der Waals surface area (Å²) in [7, 11) is 0. The van der Waals surface area contributed by atoms with Gasteiger partial charge >= 0.3 is 6.01 Å². The molecule has 1 fully saturated rings. The minimum atomic E-state index is 0.0218. The number of aromatic nitrogens is 2. The van der Waals surface area contributed by atoms with Gasteiger partial charge in [-0.05, 0) is 51.9 Å². The maximum Gasteiger partial charge on any atom is 0.320 e. The van der Waals surface area contributed by atoms with Crippen LogP contribution in [0, 0.1) is 0 Å². The van der Waals surface area contributed by atoms with Crippen molar-refractivity contribution in [1.29, 1.82) is 0 Å². The topological polar surface area (TPSA) is 90.6 Å². The van der Waals surface area contributed by atoms with Crippen molar-refractivity contribution in [2.45, 2.75) is 83.8 Å². The first-order valence-corrected chi connectivity index (χ1v) is 10.3. The zero-order chi connectivity index (χ0) is 19.2. The van der Waals surface area contributed by atoms with Crippen molar-refractivity contribution < 1.29 is 14.3 Å². The third-order valence-corrected chi connectivity index (χ3v) is 5.32. The van der Waals surface area contributed by atoms with Crippen LogP contribution in [0.3, 0.4) is 0 Å². The molecule has 150 valence electrons. The van der Waals surface area contributed by atoms with Gasteiger partial charge in [-0.3, -0.25) is 9.69 Å². The molecule has 2 atom stereocenters. The third kappa shape index (κ3) is 5.09. The van der Waals surface area contributed by atoms with E-state index in [0.29, 0.717) is 24.3 Å². The average Bonchev–Trinajstić information content (AvgIpc) is 2.96. The molecule has 2 N–H and O–H groups in total. The number of carbonyl (C=O) groups excluding carboxylic acids is 1. The van der Waals surface area contributed by atoms with Gasteiger partial charge in [-0.25, -0.2) is 0 Å². The molecule has 0 aliphatic carbocycles. The maximum absolute atomic E-state index is 12.5. The van der Waals surface area contributed by atoms with Gasteiger partial charge < -0.3 is 15.2 Å². The van der Waals surface area contributed by atoms with Crippen molar-refractivity contribution in [1.82, 2.24) is 9.97 Å². The van der Waals surface area contributed by atoms with E-state index in [9.17, 15) is 4.79 Å². The Labute approximate surface area is 161 Å². The molecule has 2 aliphatic heterocycles. The van der Waals surface area contributed by atoms with Gasteiger partial charge in [0.05, 0.1) is 18.6 Å². The highest BCUT2D eigenvalue weighted by atomic mass is 16.5. The molecule has 1 aromatic rings. The number of nitrogens with zero attached hydrogens (tertiary/aromatic N) is 3. The quantitative estimate of drug-likeness (QED) is 0.665. The van der Waals surface area contributed by atoms with Crippen molar-refractivity contribution >= 4 is 17.5 Å². The smallest absolute Gasteiger partial charge is 0.320 e. The highest BCUT2D eigenvalue weighted by Gasteiger charge is 2.32. The molecule has 27 heavy (non-hydrogen) atoms. The molecule has 1 unspecified atom stereocenters. The standard InChI is InChI=1S/C20H32N4O3/c1-3-8-14(2)27-20-22-18(21)16-13-17(25)24(19(16)23-20)11-6-4-9-15-10-5-7-12-26-15/h14-15H,3-13H2,1-2H3,(H2,21,22,23)/t14-,15?/m0/s1. The first-order valence-electron chi connectivity index (χ1n) is 10.3. The summed E-state index contributed by atoms with van der Waals surface area (Å²) in [4.78, 5) is 22.9. The SMILES string of the molecule is CCC[C@H](C)Oc1nc(N)c2c(n1)N(CCCCC1CCCCO1)C(=O)C2. The molecule has 0 aromatic carbocycles. The minimum absolute atomic E-state index is 0.0218. The molecule has 2 aliphatic rings. The molecule has 0 spiro atoms. The van der Waals surface area contributed by atoms with Crippen LogP contribution in [-0.2, 0) is 16.0 Å². The van der Waals surface area contributed by atoms with Gasteiger partial charge in [0.25, 0.3) is 0 Å². The second kappa shape index (κ2) is 9.35. The number of fused-ring (bicyclic) bond motifs is 1. The fourth-order valence-corrected chi connectivity index (χ4v) is 3.83. The van der Waals surface area contributed by atoms with Gasteiger partial charge in [0, 0.05) is 18.7 Å². The molecule has 7 heteroatoms. The van der Waals surface area contributed by atoms with Gasteiger partial charge in [-0.1, -0.05) is 13.3 Å². The van der Waals surface area contributed by atoms with E-state index in [1.807, 2.05) is 6.92 Å². The number of unbranched alkanes of at least 4 members (excludes halogenated alkanes) is 1. The Morgan fingerprint density at radius 1 is 1.33 bits per heavy atom. The van der Waals surface area contributed by atoms with E-state index in [2.05, 4.69) is 16.9 Å². The van der Waals surface area contributed by atoms with Gasteiger partial charge in [0.15, 0.2) is 0 Å². The number of nitrogens with two attached hydrogens (primary N) is 1. The van der Waals surface area contributed by atoms with Crippen molar-refractivity contribution in [3.05, 3.63) is 5.56 Å². The fourth-order valence-electron chi connectivity index (χ4n) is 3.83. The molecule has 0 bridgehead atoms. The Kier molecular flexibility index (Phi) is 6.88. The van der Waals surface area contributed by atoms with Crippen LogP contribution in [0.5, 0.6) is 6.01 Å². The van der Waals surface area contributed by atoms with Gasteiger partial charge in [0.2, 0.25) is 5.91 Å². The zero-order valence-corrected chi connectivity index (χ0v) is 16.6. The summed E-state index contributed by atoms with van der Waals surface area (Å²) in [5, 5.41) is 0. The summed E-state index contributed by atoms with van der Waals surface area (Å²) < 4.78 is 11.6. The normalized spacial score (nSPS) is 20.6. The lowest BCUT2D eigenvalue weighted by molar-refractivity contribution is -0.117.